The molecule has 0 aliphatic heterocycles. The number of aliphatic hydroxyl groups is 2. The van der Waals surface area contributed by atoms with Gasteiger partial charge in [0.2, 0.25) is 0 Å². The van der Waals surface area contributed by atoms with Crippen molar-refractivity contribution < 1.29 is 19.7 Å². The van der Waals surface area contributed by atoms with Crippen molar-refractivity contribution in [3.05, 3.63) is 28.8 Å². The highest BCUT2D eigenvalue weighted by Gasteiger charge is 2.10. The summed E-state index contributed by atoms with van der Waals surface area (Å²) in [5.74, 6) is 0.224. The molecule has 0 saturated carbocycles. The summed E-state index contributed by atoms with van der Waals surface area (Å²) in [6, 6.07) is 4.76. The molecule has 1 rings (SSSR count). The zero-order valence-corrected chi connectivity index (χ0v) is 8.65. The number of ether oxygens (including phenoxy) is 1. The molecule has 0 aromatic heterocycles. The lowest BCUT2D eigenvalue weighted by Crippen LogP contribution is -2.21. The van der Waals surface area contributed by atoms with Crippen molar-refractivity contribution in [2.75, 3.05) is 13.2 Å². The fourth-order valence-electron chi connectivity index (χ4n) is 1.00. The maximum absolute atomic E-state index is 10.6. The van der Waals surface area contributed by atoms with Gasteiger partial charge in [0.05, 0.1) is 17.2 Å². The van der Waals surface area contributed by atoms with Crippen molar-refractivity contribution in [2.45, 2.75) is 6.10 Å². The van der Waals surface area contributed by atoms with Crippen LogP contribution in [-0.2, 0) is 0 Å². The van der Waals surface area contributed by atoms with E-state index in [1.54, 1.807) is 18.2 Å². The van der Waals surface area contributed by atoms with Gasteiger partial charge in [0.1, 0.15) is 18.5 Å². The number of hydrogen-bond acceptors (Lipinski definition) is 4. The Morgan fingerprint density at radius 1 is 1.53 bits per heavy atom. The number of benzene rings is 1. The molecule has 0 bridgehead atoms. The summed E-state index contributed by atoms with van der Waals surface area (Å²) in [6.07, 6.45) is -0.368. The van der Waals surface area contributed by atoms with Crippen LogP contribution in [0.3, 0.4) is 0 Å². The predicted molar refractivity (Wildman–Crippen MR) is 55.4 cm³/mol. The van der Waals surface area contributed by atoms with Gasteiger partial charge in [-0.15, -0.1) is 0 Å². The molecule has 15 heavy (non-hydrogen) atoms. The van der Waals surface area contributed by atoms with Gasteiger partial charge in [-0.25, -0.2) is 0 Å². The first-order valence-corrected chi connectivity index (χ1v) is 4.72. The molecule has 5 heteroatoms. The summed E-state index contributed by atoms with van der Waals surface area (Å²) < 4.78 is 5.14. The van der Waals surface area contributed by atoms with Crippen LogP contribution in [0.15, 0.2) is 18.2 Å². The Morgan fingerprint density at radius 2 is 2.27 bits per heavy atom. The highest BCUT2D eigenvalue weighted by molar-refractivity contribution is 6.32. The molecule has 0 aliphatic rings. The van der Waals surface area contributed by atoms with E-state index in [4.69, 9.17) is 26.6 Å². The van der Waals surface area contributed by atoms with E-state index >= 15 is 0 Å². The molecule has 4 nitrogen and oxygen atoms in total. The van der Waals surface area contributed by atoms with Crippen LogP contribution in [0.2, 0.25) is 5.02 Å². The first kappa shape index (κ1) is 12.0. The molecule has 1 aromatic carbocycles. The number of halogens is 1. The van der Waals surface area contributed by atoms with E-state index in [1.165, 1.54) is 0 Å². The monoisotopic (exact) mass is 230 g/mol. The molecule has 0 saturated heterocycles. The number of aliphatic hydroxyl groups excluding tert-OH is 2. The number of para-hydroxylation sites is 1. The largest absolute Gasteiger partial charge is 0.488 e. The summed E-state index contributed by atoms with van der Waals surface area (Å²) >= 11 is 5.81. The van der Waals surface area contributed by atoms with Crippen LogP contribution in [-0.4, -0.2) is 35.8 Å². The first-order valence-electron chi connectivity index (χ1n) is 4.34. The quantitative estimate of drug-likeness (QED) is 0.737. The smallest absolute Gasteiger partial charge is 0.153 e. The summed E-state index contributed by atoms with van der Waals surface area (Å²) in [4.78, 5) is 10.6. The van der Waals surface area contributed by atoms with Crippen molar-refractivity contribution in [2.24, 2.45) is 0 Å². The maximum Gasteiger partial charge on any atom is 0.153 e. The van der Waals surface area contributed by atoms with Crippen LogP contribution in [0.5, 0.6) is 5.75 Å². The molecule has 2 N–H and O–H groups in total. The molecule has 0 radical (unpaired) electrons. The van der Waals surface area contributed by atoms with Crippen LogP contribution in [0, 0.1) is 0 Å². The van der Waals surface area contributed by atoms with Crippen molar-refractivity contribution in [1.82, 2.24) is 0 Å². The lowest BCUT2D eigenvalue weighted by Gasteiger charge is -2.12. The number of carbonyl (C=O) groups excluding carboxylic acids is 1. The van der Waals surface area contributed by atoms with Crippen molar-refractivity contribution in [1.29, 1.82) is 0 Å². The summed E-state index contributed by atoms with van der Waals surface area (Å²) in [5, 5.41) is 17.9. The van der Waals surface area contributed by atoms with Crippen molar-refractivity contribution >= 4 is 17.9 Å². The number of hydrogen-bond donors (Lipinski definition) is 2. The van der Waals surface area contributed by atoms with Gasteiger partial charge >= 0.3 is 0 Å². The van der Waals surface area contributed by atoms with Crippen LogP contribution < -0.4 is 4.74 Å². The molecule has 0 aliphatic carbocycles. The van der Waals surface area contributed by atoms with Crippen LogP contribution in [0.1, 0.15) is 10.4 Å². The fourth-order valence-corrected chi connectivity index (χ4v) is 1.24. The second-order valence-corrected chi connectivity index (χ2v) is 3.33. The molecule has 1 aromatic rings. The maximum atomic E-state index is 10.6. The van der Waals surface area contributed by atoms with Crippen LogP contribution >= 0.6 is 11.6 Å². The van der Waals surface area contributed by atoms with E-state index in [0.717, 1.165) is 0 Å². The highest BCUT2D eigenvalue weighted by atomic mass is 35.5. The van der Waals surface area contributed by atoms with E-state index in [9.17, 15) is 4.79 Å². The Hall–Kier alpha value is -1.10. The van der Waals surface area contributed by atoms with Gasteiger partial charge in [0.25, 0.3) is 0 Å². The Labute approximate surface area is 92.1 Å². The van der Waals surface area contributed by atoms with E-state index < -0.39 is 12.7 Å². The number of carbonyl (C=O) groups is 1. The van der Waals surface area contributed by atoms with E-state index in [1.807, 2.05) is 0 Å². The van der Waals surface area contributed by atoms with Gasteiger partial charge in [0, 0.05) is 0 Å². The lowest BCUT2D eigenvalue weighted by molar-refractivity contribution is 0.0533. The zero-order valence-electron chi connectivity index (χ0n) is 7.89. The van der Waals surface area contributed by atoms with Gasteiger partial charge in [-0.2, -0.15) is 0 Å². The minimum atomic E-state index is -0.985. The normalized spacial score (nSPS) is 12.2. The SMILES string of the molecule is O=Cc1cccc(Cl)c1OCC(O)CO. The second kappa shape index (κ2) is 5.70. The molecule has 1 unspecified atom stereocenters. The third-order valence-corrected chi connectivity index (χ3v) is 2.05. The van der Waals surface area contributed by atoms with Gasteiger partial charge in [-0.3, -0.25) is 4.79 Å². The van der Waals surface area contributed by atoms with Gasteiger partial charge in [0.15, 0.2) is 6.29 Å². The average Bonchev–Trinajstić information content (AvgIpc) is 2.26. The summed E-state index contributed by atoms with van der Waals surface area (Å²) in [7, 11) is 0. The predicted octanol–water partition coefficient (Wildman–Crippen LogP) is 0.884. The minimum absolute atomic E-state index is 0.110. The van der Waals surface area contributed by atoms with Gasteiger partial charge < -0.3 is 14.9 Å². The minimum Gasteiger partial charge on any atom is -0.488 e. The van der Waals surface area contributed by atoms with E-state index in [2.05, 4.69) is 0 Å². The Balaban J connectivity index is 2.78. The Kier molecular flexibility index (Phi) is 4.55. The second-order valence-electron chi connectivity index (χ2n) is 2.92. The standard InChI is InChI=1S/C10H11ClO4/c11-9-3-1-2-7(4-12)10(9)15-6-8(14)5-13/h1-4,8,13-14H,5-6H2. The van der Waals surface area contributed by atoms with E-state index in [-0.39, 0.29) is 12.4 Å². The van der Waals surface area contributed by atoms with Crippen LogP contribution in [0.4, 0.5) is 0 Å². The fraction of sp³-hybridized carbons (Fsp3) is 0.300. The highest BCUT2D eigenvalue weighted by Crippen LogP contribution is 2.27. The number of aldehydes is 1. The zero-order chi connectivity index (χ0) is 11.3. The Bertz CT molecular complexity index is 340. The number of rotatable bonds is 5. The molecule has 0 spiro atoms. The topological polar surface area (TPSA) is 66.8 Å². The van der Waals surface area contributed by atoms with Crippen molar-refractivity contribution in [3.63, 3.8) is 0 Å². The molecular formula is C10H11ClO4. The molecular weight excluding hydrogens is 220 g/mol. The summed E-state index contributed by atoms with van der Waals surface area (Å²) in [5.41, 5.74) is 0.313. The average molecular weight is 231 g/mol. The van der Waals surface area contributed by atoms with Crippen LogP contribution in [0.25, 0.3) is 0 Å². The summed E-state index contributed by atoms with van der Waals surface area (Å²) in [6.45, 7) is -0.512. The molecule has 0 amide bonds. The molecule has 0 fully saturated rings. The van der Waals surface area contributed by atoms with Crippen molar-refractivity contribution in [3.8, 4) is 5.75 Å². The molecule has 0 heterocycles. The molecule has 82 valence electrons. The van der Waals surface area contributed by atoms with E-state index in [0.29, 0.717) is 16.9 Å². The molecule has 1 atom stereocenters. The Morgan fingerprint density at radius 3 is 2.87 bits per heavy atom. The third kappa shape index (κ3) is 3.20. The van der Waals surface area contributed by atoms with Gasteiger partial charge in [-0.05, 0) is 12.1 Å². The lowest BCUT2D eigenvalue weighted by atomic mass is 10.2. The van der Waals surface area contributed by atoms with Gasteiger partial charge in [-0.1, -0.05) is 17.7 Å². The first-order chi connectivity index (χ1) is 7.19. The third-order valence-electron chi connectivity index (χ3n) is 1.76.